The van der Waals surface area contributed by atoms with Gasteiger partial charge in [0.05, 0.1) is 5.56 Å². The molecule has 0 spiro atoms. The first kappa shape index (κ1) is 11.6. The van der Waals surface area contributed by atoms with Crippen molar-refractivity contribution in [1.82, 2.24) is 0 Å². The Morgan fingerprint density at radius 1 is 1.44 bits per heavy atom. The molecule has 86 valence electrons. The van der Waals surface area contributed by atoms with Crippen molar-refractivity contribution in [3.63, 3.8) is 0 Å². The van der Waals surface area contributed by atoms with Gasteiger partial charge in [-0.25, -0.2) is 4.39 Å². The fraction of sp³-hybridized carbons (Fsp3) is 0.417. The molecule has 1 aromatic rings. The summed E-state index contributed by atoms with van der Waals surface area (Å²) in [6.07, 6.45) is 2.09. The Morgan fingerprint density at radius 3 is 2.88 bits per heavy atom. The third-order valence-corrected chi connectivity index (χ3v) is 2.90. The summed E-state index contributed by atoms with van der Waals surface area (Å²) in [6.45, 7) is 0.575. The second-order valence-electron chi connectivity index (χ2n) is 3.84. The summed E-state index contributed by atoms with van der Waals surface area (Å²) in [4.78, 5) is 11.9. The van der Waals surface area contributed by atoms with Crippen LogP contribution in [-0.2, 0) is 4.74 Å². The molecule has 1 unspecified atom stereocenters. The summed E-state index contributed by atoms with van der Waals surface area (Å²) >= 11 is 5.62. The molecule has 0 aromatic heterocycles. The van der Waals surface area contributed by atoms with Gasteiger partial charge < -0.3 is 4.74 Å². The first-order valence-electron chi connectivity index (χ1n) is 5.29. The summed E-state index contributed by atoms with van der Waals surface area (Å²) in [5, 5.41) is 0.290. The van der Waals surface area contributed by atoms with E-state index in [9.17, 15) is 9.18 Å². The van der Waals surface area contributed by atoms with Gasteiger partial charge in [-0.1, -0.05) is 11.6 Å². The average molecular weight is 243 g/mol. The molecule has 1 aliphatic rings. The smallest absolute Gasteiger partial charge is 0.194 e. The maximum absolute atomic E-state index is 13.5. The zero-order chi connectivity index (χ0) is 11.5. The van der Waals surface area contributed by atoms with Gasteiger partial charge in [0.25, 0.3) is 0 Å². The first-order valence-corrected chi connectivity index (χ1v) is 5.67. The Morgan fingerprint density at radius 2 is 2.25 bits per heavy atom. The minimum Gasteiger partial charge on any atom is -0.370 e. The van der Waals surface area contributed by atoms with E-state index in [1.807, 2.05) is 0 Å². The maximum Gasteiger partial charge on any atom is 0.194 e. The Hall–Kier alpha value is -0.930. The zero-order valence-electron chi connectivity index (χ0n) is 8.71. The van der Waals surface area contributed by atoms with Crippen molar-refractivity contribution in [3.05, 3.63) is 34.6 Å². The van der Waals surface area contributed by atoms with Crippen molar-refractivity contribution in [2.45, 2.75) is 25.4 Å². The Bertz CT molecular complexity index is 400. The van der Waals surface area contributed by atoms with Crippen LogP contribution in [0.3, 0.4) is 0 Å². The van der Waals surface area contributed by atoms with Gasteiger partial charge in [-0.05, 0) is 37.5 Å². The number of Topliss-reactive ketones (excluding diaryl/α,β-unsaturated/α-hetero) is 1. The molecule has 1 aliphatic heterocycles. The van der Waals surface area contributed by atoms with E-state index < -0.39 is 11.9 Å². The number of hydrogen-bond donors (Lipinski definition) is 0. The molecule has 0 bridgehead atoms. The molecule has 1 atom stereocenters. The standard InChI is InChI=1S/C12H12ClFO2/c13-8-4-5-9(10(14)7-8)12(15)11-3-1-2-6-16-11/h4-5,7,11H,1-3,6H2. The van der Waals surface area contributed by atoms with Gasteiger partial charge in [0, 0.05) is 11.6 Å². The second kappa shape index (κ2) is 4.93. The van der Waals surface area contributed by atoms with E-state index in [-0.39, 0.29) is 11.3 Å². The van der Waals surface area contributed by atoms with E-state index in [1.165, 1.54) is 12.1 Å². The van der Waals surface area contributed by atoms with E-state index in [0.717, 1.165) is 18.9 Å². The molecule has 0 saturated carbocycles. The predicted octanol–water partition coefficient (Wildman–Crippen LogP) is 3.23. The average Bonchev–Trinajstić information content (AvgIpc) is 2.29. The predicted molar refractivity (Wildman–Crippen MR) is 59.3 cm³/mol. The molecular formula is C12H12ClFO2. The van der Waals surface area contributed by atoms with Crippen LogP contribution in [-0.4, -0.2) is 18.5 Å². The fourth-order valence-corrected chi connectivity index (χ4v) is 1.97. The van der Waals surface area contributed by atoms with Crippen molar-refractivity contribution in [1.29, 1.82) is 0 Å². The lowest BCUT2D eigenvalue weighted by atomic mass is 9.99. The summed E-state index contributed by atoms with van der Waals surface area (Å²) in [5.74, 6) is -0.861. The molecule has 2 rings (SSSR count). The van der Waals surface area contributed by atoms with Gasteiger partial charge in [0.2, 0.25) is 0 Å². The Balaban J connectivity index is 2.19. The lowest BCUT2D eigenvalue weighted by Crippen LogP contribution is -2.28. The van der Waals surface area contributed by atoms with Gasteiger partial charge in [-0.3, -0.25) is 4.79 Å². The van der Waals surface area contributed by atoms with Crippen molar-refractivity contribution in [2.75, 3.05) is 6.61 Å². The molecule has 0 aliphatic carbocycles. The molecular weight excluding hydrogens is 231 g/mol. The van der Waals surface area contributed by atoms with Gasteiger partial charge >= 0.3 is 0 Å². The van der Waals surface area contributed by atoms with Crippen LogP contribution in [0.15, 0.2) is 18.2 Å². The van der Waals surface area contributed by atoms with Crippen molar-refractivity contribution >= 4 is 17.4 Å². The molecule has 4 heteroatoms. The molecule has 1 heterocycles. The molecule has 2 nitrogen and oxygen atoms in total. The van der Waals surface area contributed by atoms with Crippen LogP contribution >= 0.6 is 11.6 Å². The highest BCUT2D eigenvalue weighted by atomic mass is 35.5. The molecule has 1 saturated heterocycles. The van der Waals surface area contributed by atoms with Crippen LogP contribution in [0.5, 0.6) is 0 Å². The first-order chi connectivity index (χ1) is 7.68. The maximum atomic E-state index is 13.5. The van der Waals surface area contributed by atoms with Crippen molar-refractivity contribution in [2.24, 2.45) is 0 Å². The lowest BCUT2D eigenvalue weighted by Gasteiger charge is -2.21. The van der Waals surface area contributed by atoms with E-state index in [4.69, 9.17) is 16.3 Å². The van der Waals surface area contributed by atoms with Crippen LogP contribution in [0.4, 0.5) is 4.39 Å². The van der Waals surface area contributed by atoms with E-state index in [2.05, 4.69) is 0 Å². The second-order valence-corrected chi connectivity index (χ2v) is 4.28. The molecule has 0 radical (unpaired) electrons. The van der Waals surface area contributed by atoms with Crippen molar-refractivity contribution < 1.29 is 13.9 Å². The number of ether oxygens (including phenoxy) is 1. The van der Waals surface area contributed by atoms with Crippen LogP contribution in [0, 0.1) is 5.82 Å². The zero-order valence-corrected chi connectivity index (χ0v) is 9.47. The number of rotatable bonds is 2. The third kappa shape index (κ3) is 2.42. The number of carbonyl (C=O) groups is 1. The Labute approximate surface area is 98.4 Å². The lowest BCUT2D eigenvalue weighted by molar-refractivity contribution is 0.0183. The van der Waals surface area contributed by atoms with Gasteiger partial charge in [-0.2, -0.15) is 0 Å². The van der Waals surface area contributed by atoms with Gasteiger partial charge in [0.15, 0.2) is 5.78 Å². The van der Waals surface area contributed by atoms with Crippen LogP contribution in [0.1, 0.15) is 29.6 Å². The SMILES string of the molecule is O=C(c1ccc(Cl)cc1F)C1CCCCO1. The van der Waals surface area contributed by atoms with Crippen LogP contribution in [0.25, 0.3) is 0 Å². The summed E-state index contributed by atoms with van der Waals surface area (Å²) in [6, 6.07) is 4.08. The molecule has 1 fully saturated rings. The fourth-order valence-electron chi connectivity index (χ4n) is 1.81. The minimum absolute atomic E-state index is 0.0660. The van der Waals surface area contributed by atoms with E-state index in [0.29, 0.717) is 18.1 Å². The number of hydrogen-bond acceptors (Lipinski definition) is 2. The summed E-state index contributed by atoms with van der Waals surface area (Å²) < 4.78 is 18.8. The van der Waals surface area contributed by atoms with Gasteiger partial charge in [-0.15, -0.1) is 0 Å². The molecule has 0 N–H and O–H groups in total. The summed E-state index contributed by atoms with van der Waals surface area (Å²) in [7, 11) is 0. The van der Waals surface area contributed by atoms with Crippen LogP contribution in [0.2, 0.25) is 5.02 Å². The molecule has 0 amide bonds. The number of benzene rings is 1. The number of carbonyl (C=O) groups excluding carboxylic acids is 1. The highest BCUT2D eigenvalue weighted by Gasteiger charge is 2.25. The number of ketones is 1. The number of halogens is 2. The van der Waals surface area contributed by atoms with E-state index in [1.54, 1.807) is 0 Å². The summed E-state index contributed by atoms with van der Waals surface area (Å²) in [5.41, 5.74) is 0.0660. The monoisotopic (exact) mass is 242 g/mol. The molecule has 16 heavy (non-hydrogen) atoms. The van der Waals surface area contributed by atoms with Crippen LogP contribution < -0.4 is 0 Å². The van der Waals surface area contributed by atoms with Crippen molar-refractivity contribution in [3.8, 4) is 0 Å². The topological polar surface area (TPSA) is 26.3 Å². The molecule has 1 aromatic carbocycles. The third-order valence-electron chi connectivity index (χ3n) is 2.67. The normalized spacial score (nSPS) is 20.8. The van der Waals surface area contributed by atoms with E-state index >= 15 is 0 Å². The minimum atomic E-state index is -0.577. The largest absolute Gasteiger partial charge is 0.370 e. The van der Waals surface area contributed by atoms with Gasteiger partial charge in [0.1, 0.15) is 11.9 Å². The quantitative estimate of drug-likeness (QED) is 0.745. The Kier molecular flexibility index (Phi) is 3.56. The highest BCUT2D eigenvalue weighted by molar-refractivity contribution is 6.30. The highest BCUT2D eigenvalue weighted by Crippen LogP contribution is 2.21.